The van der Waals surface area contributed by atoms with Crippen LogP contribution in [0.5, 0.6) is 0 Å². The van der Waals surface area contributed by atoms with Crippen molar-refractivity contribution in [3.05, 3.63) is 83.1 Å². The van der Waals surface area contributed by atoms with Crippen LogP contribution >= 0.6 is 0 Å². The number of carbonyl (C=O) groups excluding carboxylic acids is 1. The fraction of sp³-hybridized carbons (Fsp3) is 0.280. The number of aromatic nitrogens is 1. The summed E-state index contributed by atoms with van der Waals surface area (Å²) in [5, 5.41) is 12.8. The van der Waals surface area contributed by atoms with Crippen LogP contribution in [0.4, 0.5) is 0 Å². The molecule has 2 aromatic carbocycles. The second-order valence-electron chi connectivity index (χ2n) is 7.86. The molecule has 31 heavy (non-hydrogen) atoms. The number of carbonyl (C=O) groups is 1. The number of hydrogen-bond acceptors (Lipinski definition) is 5. The van der Waals surface area contributed by atoms with Crippen LogP contribution in [-0.4, -0.2) is 34.3 Å². The Morgan fingerprint density at radius 2 is 2.00 bits per heavy atom. The fourth-order valence-electron chi connectivity index (χ4n) is 4.26. The van der Waals surface area contributed by atoms with Crippen molar-refractivity contribution >= 4 is 12.0 Å². The number of amides is 1. The number of rotatable bonds is 7. The Hall–Kier alpha value is -3.22. The van der Waals surface area contributed by atoms with Crippen LogP contribution in [0.3, 0.4) is 0 Å². The van der Waals surface area contributed by atoms with Crippen LogP contribution in [0.15, 0.2) is 65.2 Å². The summed E-state index contributed by atoms with van der Waals surface area (Å²) in [4.78, 5) is 13.7. The minimum atomic E-state index is -0.537. The molecule has 6 nitrogen and oxygen atoms in total. The Morgan fingerprint density at radius 3 is 2.74 bits per heavy atom. The lowest BCUT2D eigenvalue weighted by Gasteiger charge is -2.25. The number of aryl methyl sites for hydroxylation is 1. The minimum absolute atomic E-state index is 0.388. The minimum Gasteiger partial charge on any atom is -0.356 e. The van der Waals surface area contributed by atoms with Crippen LogP contribution in [0.25, 0.3) is 17.4 Å². The summed E-state index contributed by atoms with van der Waals surface area (Å²) < 4.78 is 5.65. The van der Waals surface area contributed by atoms with Crippen LogP contribution in [0.1, 0.15) is 41.3 Å². The van der Waals surface area contributed by atoms with Gasteiger partial charge in [0.25, 0.3) is 5.91 Å². The van der Waals surface area contributed by atoms with Crippen molar-refractivity contribution in [2.75, 3.05) is 13.1 Å². The Bertz CT molecular complexity index is 1040. The van der Waals surface area contributed by atoms with Crippen molar-refractivity contribution in [3.8, 4) is 11.3 Å². The number of hydrogen-bond donors (Lipinski definition) is 2. The van der Waals surface area contributed by atoms with Gasteiger partial charge < -0.3 is 4.52 Å². The Morgan fingerprint density at radius 1 is 1.23 bits per heavy atom. The third-order valence-electron chi connectivity index (χ3n) is 5.89. The molecule has 4 rings (SSSR count). The standard InChI is InChI=1S/C25H27N3O3/c1-18-22(25(31-27-18)21-6-3-2-4-7-21)15-17-28-16-5-8-23(28)20-12-9-19(10-13-20)11-14-24(29)26-30/h2-4,6-7,9-14,23,30H,5,8,15-17H2,1H3,(H,26,29)/t23-/m0/s1. The molecule has 2 heterocycles. The van der Waals surface area contributed by atoms with E-state index in [0.29, 0.717) is 6.04 Å². The van der Waals surface area contributed by atoms with Crippen molar-refractivity contribution in [3.63, 3.8) is 0 Å². The highest BCUT2D eigenvalue weighted by molar-refractivity contribution is 5.90. The molecule has 1 aromatic heterocycles. The zero-order valence-corrected chi connectivity index (χ0v) is 17.6. The molecule has 1 aliphatic heterocycles. The van der Waals surface area contributed by atoms with Crippen LogP contribution < -0.4 is 5.48 Å². The fourth-order valence-corrected chi connectivity index (χ4v) is 4.26. The summed E-state index contributed by atoms with van der Waals surface area (Å²) in [5.41, 5.74) is 7.00. The summed E-state index contributed by atoms with van der Waals surface area (Å²) in [6, 6.07) is 18.8. The molecule has 3 aromatic rings. The van der Waals surface area contributed by atoms with Gasteiger partial charge in [-0.1, -0.05) is 59.8 Å². The van der Waals surface area contributed by atoms with E-state index in [0.717, 1.165) is 48.5 Å². The smallest absolute Gasteiger partial charge is 0.267 e. The number of nitrogens with zero attached hydrogens (tertiary/aromatic N) is 2. The lowest BCUT2D eigenvalue weighted by Crippen LogP contribution is -2.26. The zero-order chi connectivity index (χ0) is 21.6. The first kappa shape index (κ1) is 21.0. The molecule has 0 radical (unpaired) electrons. The molecule has 2 N–H and O–H groups in total. The van der Waals surface area contributed by atoms with E-state index in [1.807, 2.05) is 37.3 Å². The van der Waals surface area contributed by atoms with Gasteiger partial charge in [-0.05, 0) is 49.9 Å². The molecule has 0 spiro atoms. The van der Waals surface area contributed by atoms with E-state index in [2.05, 4.69) is 34.3 Å². The van der Waals surface area contributed by atoms with E-state index >= 15 is 0 Å². The van der Waals surface area contributed by atoms with Crippen molar-refractivity contribution in [2.45, 2.75) is 32.2 Å². The highest BCUT2D eigenvalue weighted by atomic mass is 16.5. The van der Waals surface area contributed by atoms with Crippen LogP contribution in [0.2, 0.25) is 0 Å². The van der Waals surface area contributed by atoms with Crippen LogP contribution in [0, 0.1) is 6.92 Å². The monoisotopic (exact) mass is 417 g/mol. The van der Waals surface area contributed by atoms with Gasteiger partial charge >= 0.3 is 0 Å². The number of likely N-dealkylation sites (tertiary alicyclic amines) is 1. The van der Waals surface area contributed by atoms with Gasteiger partial charge in [-0.3, -0.25) is 14.9 Å². The average molecular weight is 418 g/mol. The Kier molecular flexibility index (Phi) is 6.60. The van der Waals surface area contributed by atoms with E-state index in [1.54, 1.807) is 11.6 Å². The van der Waals surface area contributed by atoms with E-state index in [9.17, 15) is 4.79 Å². The third kappa shape index (κ3) is 4.93. The molecule has 0 saturated carbocycles. The molecule has 1 fully saturated rings. The molecule has 1 atom stereocenters. The normalized spacial score (nSPS) is 16.8. The maximum absolute atomic E-state index is 11.1. The van der Waals surface area contributed by atoms with Gasteiger partial charge in [0.1, 0.15) is 0 Å². The van der Waals surface area contributed by atoms with Crippen molar-refractivity contribution < 1.29 is 14.5 Å². The molecule has 1 saturated heterocycles. The SMILES string of the molecule is Cc1noc(-c2ccccc2)c1CCN1CCC[C@H]1c1ccc(C=CC(=O)NO)cc1. The molecule has 0 bridgehead atoms. The third-order valence-corrected chi connectivity index (χ3v) is 5.89. The Balaban J connectivity index is 1.44. The molecular weight excluding hydrogens is 390 g/mol. The van der Waals surface area contributed by atoms with Gasteiger partial charge in [-0.2, -0.15) is 0 Å². The highest BCUT2D eigenvalue weighted by Gasteiger charge is 2.26. The van der Waals surface area contributed by atoms with Crippen molar-refractivity contribution in [1.82, 2.24) is 15.5 Å². The zero-order valence-electron chi connectivity index (χ0n) is 17.6. The first-order valence-corrected chi connectivity index (χ1v) is 10.6. The summed E-state index contributed by atoms with van der Waals surface area (Å²) >= 11 is 0. The van der Waals surface area contributed by atoms with Crippen molar-refractivity contribution in [1.29, 1.82) is 0 Å². The average Bonchev–Trinajstić information content (AvgIpc) is 3.43. The maximum atomic E-state index is 11.1. The summed E-state index contributed by atoms with van der Waals surface area (Å²) in [6.07, 6.45) is 6.20. The first-order chi connectivity index (χ1) is 15.2. The van der Waals surface area contributed by atoms with Gasteiger partial charge in [0.05, 0.1) is 5.69 Å². The predicted octanol–water partition coefficient (Wildman–Crippen LogP) is 4.55. The molecule has 160 valence electrons. The van der Waals surface area contributed by atoms with Crippen LogP contribution in [-0.2, 0) is 11.2 Å². The van der Waals surface area contributed by atoms with E-state index in [4.69, 9.17) is 9.73 Å². The Labute approximate surface area is 182 Å². The van der Waals surface area contributed by atoms with Gasteiger partial charge in [0.15, 0.2) is 5.76 Å². The molecule has 6 heteroatoms. The van der Waals surface area contributed by atoms with Gasteiger partial charge in [-0.15, -0.1) is 0 Å². The summed E-state index contributed by atoms with van der Waals surface area (Å²) in [6.45, 7) is 4.04. The largest absolute Gasteiger partial charge is 0.356 e. The topological polar surface area (TPSA) is 78.6 Å². The van der Waals surface area contributed by atoms with Gasteiger partial charge in [0, 0.05) is 29.8 Å². The van der Waals surface area contributed by atoms with Crippen molar-refractivity contribution in [2.24, 2.45) is 0 Å². The molecule has 1 amide bonds. The number of hydroxylamine groups is 1. The van der Waals surface area contributed by atoms with Gasteiger partial charge in [0.2, 0.25) is 0 Å². The second kappa shape index (κ2) is 9.73. The van der Waals surface area contributed by atoms with Gasteiger partial charge in [-0.25, -0.2) is 5.48 Å². The summed E-state index contributed by atoms with van der Waals surface area (Å²) in [7, 11) is 0. The number of benzene rings is 2. The highest BCUT2D eigenvalue weighted by Crippen LogP contribution is 2.33. The molecule has 1 aliphatic rings. The first-order valence-electron chi connectivity index (χ1n) is 10.6. The molecule has 0 unspecified atom stereocenters. The lowest BCUT2D eigenvalue weighted by molar-refractivity contribution is -0.124. The lowest BCUT2D eigenvalue weighted by atomic mass is 10.0. The van der Waals surface area contributed by atoms with E-state index in [1.165, 1.54) is 23.6 Å². The second-order valence-corrected chi connectivity index (χ2v) is 7.86. The quantitative estimate of drug-likeness (QED) is 0.335. The summed E-state index contributed by atoms with van der Waals surface area (Å²) in [5.74, 6) is 0.335. The van der Waals surface area contributed by atoms with E-state index in [-0.39, 0.29) is 0 Å². The molecular formula is C25H27N3O3. The maximum Gasteiger partial charge on any atom is 0.267 e. The number of nitrogens with one attached hydrogen (secondary N) is 1. The molecule has 0 aliphatic carbocycles. The predicted molar refractivity (Wildman–Crippen MR) is 119 cm³/mol. The van der Waals surface area contributed by atoms with E-state index < -0.39 is 5.91 Å².